The second-order valence-electron chi connectivity index (χ2n) is 8.32. The van der Waals surface area contributed by atoms with Crippen LogP contribution >= 0.6 is 27.7 Å². The van der Waals surface area contributed by atoms with Crippen LogP contribution < -0.4 is 20.5 Å². The maximum Gasteiger partial charge on any atom is 0.317 e. The Labute approximate surface area is 210 Å². The Kier molecular flexibility index (Phi) is 6.68. The Bertz CT molecular complexity index is 1170. The summed E-state index contributed by atoms with van der Waals surface area (Å²) in [5, 5.41) is 3.49. The predicted octanol–water partition coefficient (Wildman–Crippen LogP) is 3.83. The number of nitrogens with two attached hydrogens (primary N) is 1. The van der Waals surface area contributed by atoms with Gasteiger partial charge in [-0.25, -0.2) is 19.7 Å². The number of hydrogen-bond acceptors (Lipinski definition) is 8. The van der Waals surface area contributed by atoms with Crippen molar-refractivity contribution in [3.63, 3.8) is 0 Å². The van der Waals surface area contributed by atoms with Gasteiger partial charge in [0.25, 0.3) is 0 Å². The van der Waals surface area contributed by atoms with Gasteiger partial charge in [-0.1, -0.05) is 0 Å². The summed E-state index contributed by atoms with van der Waals surface area (Å²) in [7, 11) is 0. The zero-order chi connectivity index (χ0) is 23.7. The van der Waals surface area contributed by atoms with Crippen molar-refractivity contribution in [2.24, 2.45) is 5.92 Å². The van der Waals surface area contributed by atoms with Crippen LogP contribution in [0.3, 0.4) is 0 Å². The van der Waals surface area contributed by atoms with E-state index in [0.717, 1.165) is 48.3 Å². The zero-order valence-electron chi connectivity index (χ0n) is 18.8. The number of imidazole rings is 1. The standard InChI is InChI=1S/C22H26BrN7O3S/c1-2-25-22(31)29-6-3-4-13(10-29)5-7-30-11-26-19(24)18-20(30)28-21(27-18)34-17-9-16-15(8-14(17)23)32-12-33-16/h8-9,11,13H,2-7,10,12,24H2,1H3,(H,25,31). The van der Waals surface area contributed by atoms with Gasteiger partial charge >= 0.3 is 6.03 Å². The van der Waals surface area contributed by atoms with Gasteiger partial charge < -0.3 is 30.0 Å². The number of nitrogen functional groups attached to an aromatic ring is 1. The lowest BCUT2D eigenvalue weighted by atomic mass is 9.95. The molecule has 0 aromatic heterocycles. The number of benzene rings is 1. The number of hydrogen-bond donors (Lipinski definition) is 2. The molecule has 180 valence electrons. The van der Waals surface area contributed by atoms with E-state index in [1.165, 1.54) is 11.8 Å². The highest BCUT2D eigenvalue weighted by Gasteiger charge is 2.25. The summed E-state index contributed by atoms with van der Waals surface area (Å²) in [4.78, 5) is 28.8. The number of amides is 2. The highest BCUT2D eigenvalue weighted by Crippen LogP contribution is 2.43. The number of carbonyl (C=O) groups is 1. The van der Waals surface area contributed by atoms with Gasteiger partial charge in [-0.3, -0.25) is 0 Å². The first-order valence-corrected chi connectivity index (χ1v) is 12.9. The second kappa shape index (κ2) is 9.87. The Balaban J connectivity index is 1.31. The van der Waals surface area contributed by atoms with E-state index >= 15 is 0 Å². The zero-order valence-corrected chi connectivity index (χ0v) is 21.2. The first-order chi connectivity index (χ1) is 16.5. The lowest BCUT2D eigenvalue weighted by Gasteiger charge is -2.33. The fraction of sp³-hybridized carbons (Fsp3) is 0.455. The third-order valence-electron chi connectivity index (χ3n) is 6.01. The van der Waals surface area contributed by atoms with Crippen molar-refractivity contribution >= 4 is 39.5 Å². The summed E-state index contributed by atoms with van der Waals surface area (Å²) in [5.74, 6) is 2.91. The normalized spacial score (nSPS) is 17.4. The fourth-order valence-corrected chi connectivity index (χ4v) is 5.64. The van der Waals surface area contributed by atoms with Gasteiger partial charge in [0.05, 0.1) is 6.33 Å². The van der Waals surface area contributed by atoms with Crippen LogP contribution in [0.2, 0.25) is 0 Å². The number of halogens is 1. The SMILES string of the molecule is CCNC(=O)N1CCCC(CCn2cnc(N)c3nc(Sc4cc5c(cc4Br)OCO5)nc2-3)C1. The Morgan fingerprint density at radius 2 is 2.15 bits per heavy atom. The van der Waals surface area contributed by atoms with E-state index in [1.54, 1.807) is 6.33 Å². The monoisotopic (exact) mass is 547 g/mol. The number of nitrogens with zero attached hydrogens (tertiary/aromatic N) is 5. The summed E-state index contributed by atoms with van der Waals surface area (Å²) in [5.41, 5.74) is 6.71. The molecule has 4 heterocycles. The topological polar surface area (TPSA) is 120 Å². The molecule has 1 unspecified atom stereocenters. The number of nitrogens with one attached hydrogen (secondary N) is 1. The molecule has 1 aromatic carbocycles. The minimum atomic E-state index is 0.0228. The number of fused-ring (bicyclic) bond motifs is 2. The summed E-state index contributed by atoms with van der Waals surface area (Å²) in [6.07, 6.45) is 4.77. The molecular weight excluding hydrogens is 522 g/mol. The van der Waals surface area contributed by atoms with E-state index in [2.05, 4.69) is 31.2 Å². The predicted molar refractivity (Wildman–Crippen MR) is 131 cm³/mol. The molecule has 1 aromatic rings. The molecule has 4 aliphatic heterocycles. The summed E-state index contributed by atoms with van der Waals surface area (Å²) < 4.78 is 13.8. The van der Waals surface area contributed by atoms with Crippen molar-refractivity contribution in [2.45, 2.75) is 42.8 Å². The van der Waals surface area contributed by atoms with E-state index in [1.807, 2.05) is 28.5 Å². The number of urea groups is 1. The van der Waals surface area contributed by atoms with E-state index < -0.39 is 0 Å². The van der Waals surface area contributed by atoms with Crippen LogP contribution in [-0.2, 0) is 6.54 Å². The molecule has 0 bridgehead atoms. The van der Waals surface area contributed by atoms with Gasteiger partial charge in [-0.2, -0.15) is 0 Å². The Hall–Kier alpha value is -2.73. The molecule has 10 nitrogen and oxygen atoms in total. The van der Waals surface area contributed by atoms with Gasteiger partial charge in [0.1, 0.15) is 0 Å². The number of ether oxygens (including phenoxy) is 2. The van der Waals surface area contributed by atoms with Crippen molar-refractivity contribution in [1.82, 2.24) is 29.7 Å². The van der Waals surface area contributed by atoms with Gasteiger partial charge in [-0.05, 0) is 71.9 Å². The van der Waals surface area contributed by atoms with Gasteiger partial charge in [0.2, 0.25) is 6.79 Å². The number of aromatic nitrogens is 4. The van der Waals surface area contributed by atoms with Crippen LogP contribution in [0.4, 0.5) is 10.6 Å². The number of likely N-dealkylation sites (tertiary alicyclic amines) is 1. The molecule has 2 amide bonds. The molecule has 1 atom stereocenters. The highest BCUT2D eigenvalue weighted by atomic mass is 79.9. The smallest absolute Gasteiger partial charge is 0.317 e. The average Bonchev–Trinajstić information content (AvgIpc) is 3.46. The van der Waals surface area contributed by atoms with Crippen LogP contribution in [0.25, 0.3) is 11.5 Å². The quantitative estimate of drug-likeness (QED) is 0.477. The number of carbonyl (C=O) groups excluding carboxylic acids is 1. The molecule has 0 aliphatic carbocycles. The van der Waals surface area contributed by atoms with Crippen molar-refractivity contribution in [3.05, 3.63) is 22.9 Å². The van der Waals surface area contributed by atoms with Gasteiger partial charge in [0, 0.05) is 35.5 Å². The van der Waals surface area contributed by atoms with Crippen molar-refractivity contribution < 1.29 is 14.3 Å². The molecule has 1 fully saturated rings. The lowest BCUT2D eigenvalue weighted by Crippen LogP contribution is -2.45. The molecule has 0 radical (unpaired) electrons. The van der Waals surface area contributed by atoms with Gasteiger partial charge in [-0.15, -0.1) is 0 Å². The number of piperidine rings is 1. The first kappa shape index (κ1) is 23.0. The Morgan fingerprint density at radius 1 is 1.32 bits per heavy atom. The summed E-state index contributed by atoms with van der Waals surface area (Å²) >= 11 is 5.01. The molecular formula is C22H26BrN7O3S. The van der Waals surface area contributed by atoms with Crippen LogP contribution in [0, 0.1) is 5.92 Å². The van der Waals surface area contributed by atoms with Crippen LogP contribution in [0.5, 0.6) is 11.5 Å². The van der Waals surface area contributed by atoms with Crippen LogP contribution in [0.15, 0.2) is 33.0 Å². The van der Waals surface area contributed by atoms with Crippen molar-refractivity contribution in [2.75, 3.05) is 32.2 Å². The first-order valence-electron chi connectivity index (χ1n) is 11.3. The molecule has 3 N–H and O–H groups in total. The van der Waals surface area contributed by atoms with Crippen LogP contribution in [0.1, 0.15) is 26.2 Å². The van der Waals surface area contributed by atoms with Crippen molar-refractivity contribution in [3.8, 4) is 23.0 Å². The third-order valence-corrected chi connectivity index (χ3v) is 7.85. The molecule has 1 saturated heterocycles. The summed E-state index contributed by atoms with van der Waals surface area (Å²) in [6, 6.07) is 3.82. The maximum atomic E-state index is 12.2. The second-order valence-corrected chi connectivity index (χ2v) is 10.2. The van der Waals surface area contributed by atoms with E-state index in [-0.39, 0.29) is 12.8 Å². The van der Waals surface area contributed by atoms with E-state index in [0.29, 0.717) is 46.5 Å². The minimum Gasteiger partial charge on any atom is -0.454 e. The average molecular weight is 548 g/mol. The number of anilines is 1. The molecule has 34 heavy (non-hydrogen) atoms. The molecule has 0 saturated carbocycles. The third kappa shape index (κ3) is 4.74. The minimum absolute atomic E-state index is 0.0228. The largest absolute Gasteiger partial charge is 0.454 e. The number of rotatable bonds is 6. The van der Waals surface area contributed by atoms with E-state index in [4.69, 9.17) is 20.2 Å². The molecule has 4 aliphatic rings. The van der Waals surface area contributed by atoms with Gasteiger partial charge in [0.15, 0.2) is 34.0 Å². The molecule has 12 heteroatoms. The maximum absolute atomic E-state index is 12.2. The fourth-order valence-electron chi connectivity index (χ4n) is 4.29. The summed E-state index contributed by atoms with van der Waals surface area (Å²) in [6.45, 7) is 5.11. The molecule has 5 rings (SSSR count). The molecule has 0 spiro atoms. The Morgan fingerprint density at radius 3 is 2.97 bits per heavy atom. The highest BCUT2D eigenvalue weighted by molar-refractivity contribution is 9.10. The van der Waals surface area contributed by atoms with Crippen molar-refractivity contribution in [1.29, 1.82) is 0 Å². The number of aryl methyl sites for hydroxylation is 1. The lowest BCUT2D eigenvalue weighted by molar-refractivity contribution is 0.161. The van der Waals surface area contributed by atoms with Crippen LogP contribution in [-0.4, -0.2) is 56.9 Å². The van der Waals surface area contributed by atoms with E-state index in [9.17, 15) is 4.79 Å².